The first-order valence-electron chi connectivity index (χ1n) is 12.2. The van der Waals surface area contributed by atoms with Crippen molar-refractivity contribution < 1.29 is 14.0 Å². The number of anilines is 1. The number of hydrogen-bond acceptors (Lipinski definition) is 4. The predicted molar refractivity (Wildman–Crippen MR) is 131 cm³/mol. The smallest absolute Gasteiger partial charge is 0.331 e. The van der Waals surface area contributed by atoms with E-state index in [4.69, 9.17) is 9.41 Å². The van der Waals surface area contributed by atoms with Gasteiger partial charge in [-0.15, -0.1) is 0 Å². The van der Waals surface area contributed by atoms with E-state index in [1.807, 2.05) is 0 Å². The maximum atomic E-state index is 12.8. The Morgan fingerprint density at radius 1 is 1.06 bits per heavy atom. The largest absolute Gasteiger partial charge is 0.414 e. The highest BCUT2D eigenvalue weighted by Gasteiger charge is 2.41. The van der Waals surface area contributed by atoms with E-state index in [1.54, 1.807) is 11.9 Å². The van der Waals surface area contributed by atoms with E-state index in [0.29, 0.717) is 11.8 Å². The van der Waals surface area contributed by atoms with E-state index in [9.17, 15) is 9.59 Å². The Hall–Kier alpha value is -2.19. The number of fused-ring (bicyclic) bond motifs is 1. The van der Waals surface area contributed by atoms with Crippen molar-refractivity contribution in [2.45, 2.75) is 88.9 Å². The van der Waals surface area contributed by atoms with E-state index < -0.39 is 8.32 Å². The summed E-state index contributed by atoms with van der Waals surface area (Å²) in [6.07, 6.45) is 10.1. The number of imidazole rings is 1. The van der Waals surface area contributed by atoms with Crippen LogP contribution in [0.4, 0.5) is 10.5 Å². The van der Waals surface area contributed by atoms with Crippen LogP contribution in [-0.2, 0) is 9.22 Å². The summed E-state index contributed by atoms with van der Waals surface area (Å²) in [5.41, 5.74) is 3.80. The third-order valence-corrected chi connectivity index (χ3v) is 12.7. The molecule has 3 fully saturated rings. The molecule has 3 aliphatic rings. The third kappa shape index (κ3) is 4.01. The van der Waals surface area contributed by atoms with Crippen LogP contribution < -0.4 is 4.90 Å². The average molecular weight is 469 g/mol. The molecular weight excluding hydrogens is 432 g/mol. The van der Waals surface area contributed by atoms with Crippen LogP contribution in [0.1, 0.15) is 76.0 Å². The Labute approximate surface area is 197 Å². The number of pyridine rings is 1. The lowest BCUT2D eigenvalue weighted by atomic mass is 10.1. The first kappa shape index (κ1) is 22.6. The van der Waals surface area contributed by atoms with E-state index in [2.05, 4.69) is 56.7 Å². The maximum Gasteiger partial charge on any atom is 0.331 e. The van der Waals surface area contributed by atoms with Crippen molar-refractivity contribution in [2.75, 3.05) is 18.5 Å². The van der Waals surface area contributed by atoms with Crippen molar-refractivity contribution in [2.24, 2.45) is 0 Å². The molecule has 2 saturated carbocycles. The zero-order valence-electron chi connectivity index (χ0n) is 20.7. The molecule has 0 N–H and O–H groups in total. The monoisotopic (exact) mass is 468 g/mol. The van der Waals surface area contributed by atoms with Gasteiger partial charge in [0, 0.05) is 31.5 Å². The van der Waals surface area contributed by atoms with Gasteiger partial charge in [-0.1, -0.05) is 20.8 Å². The van der Waals surface area contributed by atoms with Crippen molar-refractivity contribution in [1.82, 2.24) is 14.3 Å². The Kier molecular flexibility index (Phi) is 5.25. The van der Waals surface area contributed by atoms with Crippen LogP contribution in [0.2, 0.25) is 18.1 Å². The molecule has 3 heterocycles. The van der Waals surface area contributed by atoms with Crippen LogP contribution >= 0.6 is 0 Å². The molecule has 8 heteroatoms. The van der Waals surface area contributed by atoms with Crippen molar-refractivity contribution in [3.63, 3.8) is 0 Å². The number of amides is 3. The molecule has 0 aromatic carbocycles. The molecule has 1 aliphatic heterocycles. The molecule has 3 amide bonds. The summed E-state index contributed by atoms with van der Waals surface area (Å²) < 4.78 is 8.78. The number of carbonyl (C=O) groups excluding carboxylic acids is 2. The van der Waals surface area contributed by atoms with Crippen molar-refractivity contribution in [1.29, 1.82) is 0 Å². The topological polar surface area (TPSA) is 67.2 Å². The predicted octanol–water partition coefficient (Wildman–Crippen LogP) is 5.27. The van der Waals surface area contributed by atoms with Crippen LogP contribution in [0.3, 0.4) is 0 Å². The lowest BCUT2D eigenvalue weighted by Gasteiger charge is -2.38. The van der Waals surface area contributed by atoms with Gasteiger partial charge >= 0.3 is 6.03 Å². The lowest BCUT2D eigenvalue weighted by Crippen LogP contribution is -2.43. The normalized spacial score (nSPS) is 24.5. The minimum Gasteiger partial charge on any atom is -0.414 e. The molecule has 2 atom stereocenters. The Bertz CT molecular complexity index is 1110. The molecule has 5 rings (SSSR count). The molecular formula is C25H36N4O3Si. The summed E-state index contributed by atoms with van der Waals surface area (Å²) in [4.78, 5) is 32.8. The standard InChI is InChI=1S/C25H36N4O3Si/c1-25(2,3)33(5,6)32-19-10-9-17(11-19)20-14-28-13-18(16-7-8-16)12-21(23(28)26-20)29-15-22(30)27(4)24(29)31/h12-14,16-17,19H,7-11,15H2,1-6H3/t17-,19-/m1/s1. The number of urea groups is 1. The molecule has 2 aromatic rings. The van der Waals surface area contributed by atoms with Gasteiger partial charge in [-0.3, -0.25) is 14.6 Å². The molecule has 7 nitrogen and oxygen atoms in total. The van der Waals surface area contributed by atoms with E-state index in [1.165, 1.54) is 23.3 Å². The lowest BCUT2D eigenvalue weighted by molar-refractivity contribution is -0.123. The van der Waals surface area contributed by atoms with E-state index in [0.717, 1.165) is 36.3 Å². The fourth-order valence-corrected chi connectivity index (χ4v) is 6.25. The number of rotatable bonds is 5. The highest BCUT2D eigenvalue weighted by Crippen LogP contribution is 2.44. The van der Waals surface area contributed by atoms with Crippen molar-refractivity contribution in [3.05, 3.63) is 29.7 Å². The van der Waals surface area contributed by atoms with Crippen LogP contribution in [0.5, 0.6) is 0 Å². The third-order valence-electron chi connectivity index (χ3n) is 8.17. The summed E-state index contributed by atoms with van der Waals surface area (Å²) >= 11 is 0. The molecule has 33 heavy (non-hydrogen) atoms. The molecule has 0 spiro atoms. The first-order valence-corrected chi connectivity index (χ1v) is 15.1. The highest BCUT2D eigenvalue weighted by atomic mass is 28.4. The van der Waals surface area contributed by atoms with Gasteiger partial charge in [0.2, 0.25) is 5.91 Å². The number of aromatic nitrogens is 2. The van der Waals surface area contributed by atoms with Crippen LogP contribution in [0, 0.1) is 0 Å². The summed E-state index contributed by atoms with van der Waals surface area (Å²) in [5.74, 6) is 0.720. The minimum absolute atomic E-state index is 0.0766. The second-order valence-corrected chi connectivity index (χ2v) is 16.4. The number of imide groups is 1. The van der Waals surface area contributed by atoms with E-state index in [-0.39, 0.29) is 29.6 Å². The highest BCUT2D eigenvalue weighted by molar-refractivity contribution is 6.74. The Balaban J connectivity index is 1.44. The molecule has 1 saturated heterocycles. The van der Waals surface area contributed by atoms with Gasteiger partial charge in [0.1, 0.15) is 6.54 Å². The second-order valence-electron chi connectivity index (χ2n) is 11.7. The van der Waals surface area contributed by atoms with Gasteiger partial charge in [0.15, 0.2) is 14.0 Å². The molecule has 0 radical (unpaired) electrons. The van der Waals surface area contributed by atoms with Gasteiger partial charge in [-0.25, -0.2) is 9.78 Å². The molecule has 178 valence electrons. The van der Waals surface area contributed by atoms with Crippen LogP contribution in [-0.4, -0.2) is 54.2 Å². The quantitative estimate of drug-likeness (QED) is 0.443. The Morgan fingerprint density at radius 3 is 2.36 bits per heavy atom. The summed E-state index contributed by atoms with van der Waals surface area (Å²) in [6.45, 7) is 11.6. The first-order chi connectivity index (χ1) is 15.4. The summed E-state index contributed by atoms with van der Waals surface area (Å²) in [6, 6.07) is 1.80. The summed E-state index contributed by atoms with van der Waals surface area (Å²) in [5, 5.41) is 0.204. The van der Waals surface area contributed by atoms with Gasteiger partial charge < -0.3 is 8.83 Å². The fraction of sp³-hybridized carbons (Fsp3) is 0.640. The van der Waals surface area contributed by atoms with Crippen LogP contribution in [0.25, 0.3) is 5.65 Å². The maximum absolute atomic E-state index is 12.8. The van der Waals surface area contributed by atoms with Crippen molar-refractivity contribution >= 4 is 31.6 Å². The van der Waals surface area contributed by atoms with Gasteiger partial charge in [-0.05, 0) is 67.8 Å². The van der Waals surface area contributed by atoms with Gasteiger partial charge in [0.25, 0.3) is 0 Å². The molecule has 0 bridgehead atoms. The SMILES string of the molecule is CN1C(=O)CN(c2cc(C3CC3)cn3cc([C@@H]4CC[C@@H](O[Si](C)(C)C(C)(C)C)C4)nc23)C1=O. The van der Waals surface area contributed by atoms with Gasteiger partial charge in [0.05, 0.1) is 11.4 Å². The molecule has 2 aromatic heterocycles. The summed E-state index contributed by atoms with van der Waals surface area (Å²) in [7, 11) is -0.253. The van der Waals surface area contributed by atoms with Crippen molar-refractivity contribution in [3.8, 4) is 0 Å². The van der Waals surface area contributed by atoms with E-state index >= 15 is 0 Å². The van der Waals surface area contributed by atoms with Gasteiger partial charge in [-0.2, -0.15) is 0 Å². The minimum atomic E-state index is -1.80. The number of nitrogens with zero attached hydrogens (tertiary/aromatic N) is 4. The molecule has 0 unspecified atom stereocenters. The average Bonchev–Trinajstić information content (AvgIpc) is 3.24. The zero-order valence-corrected chi connectivity index (χ0v) is 21.7. The fourth-order valence-electron chi connectivity index (χ4n) is 4.85. The zero-order chi connectivity index (χ0) is 23.7. The number of carbonyl (C=O) groups is 2. The molecule has 2 aliphatic carbocycles. The Morgan fingerprint density at radius 2 is 1.76 bits per heavy atom. The second kappa shape index (κ2) is 7.66. The number of likely N-dealkylation sites (N-methyl/N-ethyl adjacent to an activating group) is 1. The van der Waals surface area contributed by atoms with Crippen LogP contribution in [0.15, 0.2) is 18.5 Å². The number of hydrogen-bond donors (Lipinski definition) is 0.